The van der Waals surface area contributed by atoms with E-state index in [-0.39, 0.29) is 29.6 Å². The summed E-state index contributed by atoms with van der Waals surface area (Å²) in [5.74, 6) is 0.416. The smallest absolute Gasteiger partial charge is 0.315 e. The van der Waals surface area contributed by atoms with Gasteiger partial charge in [-0.15, -0.1) is 0 Å². The summed E-state index contributed by atoms with van der Waals surface area (Å²) >= 11 is 0. The largest absolute Gasteiger partial charge is 0.493 e. The number of nitro groups is 1. The summed E-state index contributed by atoms with van der Waals surface area (Å²) in [7, 11) is 1.45. The van der Waals surface area contributed by atoms with Gasteiger partial charge in [0, 0.05) is 31.1 Å². The van der Waals surface area contributed by atoms with Gasteiger partial charge in [-0.3, -0.25) is 19.8 Å². The number of benzene rings is 2. The zero-order valence-electron chi connectivity index (χ0n) is 17.5. The molecule has 0 aromatic heterocycles. The fraction of sp³-hybridized carbons (Fsp3) is 0.348. The minimum absolute atomic E-state index is 0.0706. The Hall–Kier alpha value is -3.19. The molecule has 30 heavy (non-hydrogen) atoms. The number of ketones is 1. The van der Waals surface area contributed by atoms with Crippen molar-refractivity contribution in [1.82, 2.24) is 4.90 Å². The number of carbonyl (C=O) groups is 1. The third-order valence-electron chi connectivity index (χ3n) is 5.30. The van der Waals surface area contributed by atoms with Crippen LogP contribution in [0.2, 0.25) is 0 Å². The van der Waals surface area contributed by atoms with E-state index in [1.165, 1.54) is 13.2 Å². The summed E-state index contributed by atoms with van der Waals surface area (Å²) in [5, 5.41) is 11.7. The Morgan fingerprint density at radius 1 is 1.27 bits per heavy atom. The molecule has 0 radical (unpaired) electrons. The molecule has 1 fully saturated rings. The molecule has 2 aromatic carbocycles. The zero-order chi connectivity index (χ0) is 21.7. The van der Waals surface area contributed by atoms with E-state index in [0.29, 0.717) is 24.1 Å². The molecule has 3 rings (SSSR count). The first-order valence-corrected chi connectivity index (χ1v) is 9.92. The molecule has 0 bridgehead atoms. The number of hydrogen-bond acceptors (Lipinski definition) is 6. The first kappa shape index (κ1) is 21.5. The third-order valence-corrected chi connectivity index (χ3v) is 5.30. The van der Waals surface area contributed by atoms with Crippen LogP contribution in [0.1, 0.15) is 30.0 Å². The maximum Gasteiger partial charge on any atom is 0.315 e. The number of Topliss-reactive ketones (excluding diaryl/α,β-unsaturated/α-hetero) is 1. The highest BCUT2D eigenvalue weighted by atomic mass is 16.6. The average Bonchev–Trinajstić information content (AvgIpc) is 2.74. The topological polar surface area (TPSA) is 81.9 Å². The summed E-state index contributed by atoms with van der Waals surface area (Å²) in [5.41, 5.74) is 2.98. The molecule has 0 spiro atoms. The Kier molecular flexibility index (Phi) is 6.84. The molecule has 7 heteroatoms. The number of carbonyl (C=O) groups excluding carboxylic acids is 1. The molecule has 2 aromatic rings. The third kappa shape index (κ3) is 4.86. The lowest BCUT2D eigenvalue weighted by molar-refractivity contribution is -0.386. The van der Waals surface area contributed by atoms with Crippen LogP contribution in [0.5, 0.6) is 11.5 Å². The van der Waals surface area contributed by atoms with E-state index in [0.717, 1.165) is 24.2 Å². The van der Waals surface area contributed by atoms with E-state index in [1.807, 2.05) is 38.1 Å². The number of piperidine rings is 1. The summed E-state index contributed by atoms with van der Waals surface area (Å²) in [6.07, 6.45) is 2.17. The van der Waals surface area contributed by atoms with Gasteiger partial charge >= 0.3 is 5.69 Å². The molecule has 1 aliphatic rings. The maximum atomic E-state index is 12.3. The Morgan fingerprint density at radius 3 is 2.70 bits per heavy atom. The van der Waals surface area contributed by atoms with Crippen LogP contribution in [0.4, 0.5) is 5.69 Å². The monoisotopic (exact) mass is 410 g/mol. The van der Waals surface area contributed by atoms with Crippen LogP contribution in [0, 0.1) is 17.0 Å². The van der Waals surface area contributed by atoms with Gasteiger partial charge in [0.25, 0.3) is 0 Å². The second kappa shape index (κ2) is 9.54. The van der Waals surface area contributed by atoms with Gasteiger partial charge in [0.15, 0.2) is 11.5 Å². The van der Waals surface area contributed by atoms with Crippen molar-refractivity contribution in [2.24, 2.45) is 0 Å². The quantitative estimate of drug-likeness (QED) is 0.387. The Bertz CT molecular complexity index is 984. The number of aryl methyl sites for hydroxylation is 1. The normalized spacial score (nSPS) is 16.0. The minimum atomic E-state index is -0.487. The summed E-state index contributed by atoms with van der Waals surface area (Å²) in [4.78, 5) is 25.7. The number of likely N-dealkylation sites (N-methyl/N-ethyl adjacent to an activating group) is 1. The lowest BCUT2D eigenvalue weighted by atomic mass is 10.00. The van der Waals surface area contributed by atoms with Gasteiger partial charge in [-0.05, 0) is 42.3 Å². The van der Waals surface area contributed by atoms with Crippen molar-refractivity contribution >= 4 is 17.5 Å². The second-order valence-corrected chi connectivity index (χ2v) is 7.26. The first-order chi connectivity index (χ1) is 14.4. The van der Waals surface area contributed by atoms with Crippen molar-refractivity contribution in [3.63, 3.8) is 0 Å². The van der Waals surface area contributed by atoms with Crippen molar-refractivity contribution in [3.05, 3.63) is 68.8 Å². The van der Waals surface area contributed by atoms with Gasteiger partial charge in [-0.25, -0.2) is 0 Å². The van der Waals surface area contributed by atoms with Crippen molar-refractivity contribution in [3.8, 4) is 11.5 Å². The lowest BCUT2D eigenvalue weighted by Gasteiger charge is -2.26. The van der Waals surface area contributed by atoms with Crippen molar-refractivity contribution in [2.75, 3.05) is 26.7 Å². The second-order valence-electron chi connectivity index (χ2n) is 7.26. The van der Waals surface area contributed by atoms with Crippen molar-refractivity contribution in [1.29, 1.82) is 0 Å². The van der Waals surface area contributed by atoms with Crippen molar-refractivity contribution < 1.29 is 19.2 Å². The number of nitrogens with zero attached hydrogens (tertiary/aromatic N) is 2. The molecule has 0 unspecified atom stereocenters. The highest BCUT2D eigenvalue weighted by molar-refractivity contribution is 6.00. The van der Waals surface area contributed by atoms with E-state index < -0.39 is 4.92 Å². The van der Waals surface area contributed by atoms with E-state index in [2.05, 4.69) is 4.90 Å². The van der Waals surface area contributed by atoms with Gasteiger partial charge in [-0.2, -0.15) is 0 Å². The first-order valence-electron chi connectivity index (χ1n) is 9.92. The zero-order valence-corrected chi connectivity index (χ0v) is 17.5. The summed E-state index contributed by atoms with van der Waals surface area (Å²) in [6.45, 7) is 6.31. The average molecular weight is 410 g/mol. The molecule has 0 saturated carbocycles. The predicted molar refractivity (Wildman–Crippen MR) is 115 cm³/mol. The van der Waals surface area contributed by atoms with Gasteiger partial charge in [0.2, 0.25) is 5.75 Å². The SMILES string of the molecule is CCN1CCC(=O)/C(=C/c2cc(OC)c(OCc3ccccc3C)c([N+](=O)[O-])c2)C1. The number of methoxy groups -OCH3 is 1. The van der Waals surface area contributed by atoms with E-state index in [9.17, 15) is 14.9 Å². The molecule has 1 heterocycles. The number of nitro benzene ring substituents is 1. The Labute approximate surface area is 176 Å². The van der Waals surface area contributed by atoms with E-state index >= 15 is 0 Å². The van der Waals surface area contributed by atoms with Crippen LogP contribution < -0.4 is 9.47 Å². The number of rotatable bonds is 7. The molecular formula is C23H26N2O5. The Morgan fingerprint density at radius 2 is 2.03 bits per heavy atom. The van der Waals surface area contributed by atoms with Crippen LogP contribution in [0.25, 0.3) is 6.08 Å². The van der Waals surface area contributed by atoms with Crippen molar-refractivity contribution in [2.45, 2.75) is 26.9 Å². The molecule has 0 aliphatic carbocycles. The molecule has 0 atom stereocenters. The lowest BCUT2D eigenvalue weighted by Crippen LogP contribution is -2.35. The van der Waals surface area contributed by atoms with Crippen LogP contribution in [0.3, 0.4) is 0 Å². The highest BCUT2D eigenvalue weighted by Crippen LogP contribution is 2.39. The van der Waals surface area contributed by atoms with Gasteiger partial charge in [0.05, 0.1) is 12.0 Å². The van der Waals surface area contributed by atoms with Gasteiger partial charge in [0.1, 0.15) is 6.61 Å². The minimum Gasteiger partial charge on any atom is -0.493 e. The van der Waals surface area contributed by atoms with E-state index in [1.54, 1.807) is 12.1 Å². The highest BCUT2D eigenvalue weighted by Gasteiger charge is 2.24. The van der Waals surface area contributed by atoms with Gasteiger partial charge < -0.3 is 9.47 Å². The predicted octanol–water partition coefficient (Wildman–Crippen LogP) is 4.17. The molecule has 1 aliphatic heterocycles. The summed E-state index contributed by atoms with van der Waals surface area (Å²) in [6, 6.07) is 10.8. The summed E-state index contributed by atoms with van der Waals surface area (Å²) < 4.78 is 11.2. The molecule has 0 N–H and O–H groups in total. The number of ether oxygens (including phenoxy) is 2. The molecule has 1 saturated heterocycles. The van der Waals surface area contributed by atoms with Crippen LogP contribution in [-0.4, -0.2) is 42.4 Å². The van der Waals surface area contributed by atoms with E-state index in [4.69, 9.17) is 9.47 Å². The number of likely N-dealkylation sites (tertiary alicyclic amines) is 1. The van der Waals surface area contributed by atoms with Crippen LogP contribution in [-0.2, 0) is 11.4 Å². The fourth-order valence-corrected chi connectivity index (χ4v) is 3.47. The molecule has 0 amide bonds. The van der Waals surface area contributed by atoms with Crippen LogP contribution >= 0.6 is 0 Å². The molecule has 7 nitrogen and oxygen atoms in total. The van der Waals surface area contributed by atoms with Gasteiger partial charge in [-0.1, -0.05) is 31.2 Å². The fourth-order valence-electron chi connectivity index (χ4n) is 3.47. The molecule has 158 valence electrons. The molecular weight excluding hydrogens is 384 g/mol. The van der Waals surface area contributed by atoms with Crippen LogP contribution in [0.15, 0.2) is 42.0 Å². The standard InChI is InChI=1S/C23H26N2O5/c1-4-24-10-9-21(26)19(14-24)11-17-12-20(25(27)28)23(22(13-17)29-3)30-15-18-8-6-5-7-16(18)2/h5-8,11-13H,4,9-10,14-15H2,1-3H3/b19-11+. The number of hydrogen-bond donors (Lipinski definition) is 0. The Balaban J connectivity index is 1.95. The maximum absolute atomic E-state index is 12.3.